The van der Waals surface area contributed by atoms with E-state index in [4.69, 9.17) is 5.73 Å². The third-order valence-corrected chi connectivity index (χ3v) is 2.54. The number of nitrogens with two attached hydrogens (primary N) is 1. The summed E-state index contributed by atoms with van der Waals surface area (Å²) in [6.45, 7) is 7.16. The van der Waals surface area contributed by atoms with E-state index >= 15 is 0 Å². The third kappa shape index (κ3) is 2.70. The molecule has 0 aromatic carbocycles. The van der Waals surface area contributed by atoms with Crippen LogP contribution in [0, 0.1) is 0 Å². The van der Waals surface area contributed by atoms with Crippen molar-refractivity contribution < 1.29 is 0 Å². The molecule has 0 aliphatic carbocycles. The van der Waals surface area contributed by atoms with Gasteiger partial charge in [0.15, 0.2) is 5.82 Å². The summed E-state index contributed by atoms with van der Waals surface area (Å²) in [7, 11) is 0. The quantitative estimate of drug-likeness (QED) is 0.796. The van der Waals surface area contributed by atoms with Gasteiger partial charge in [-0.3, -0.25) is 0 Å². The minimum Gasteiger partial charge on any atom is -0.320 e. The van der Waals surface area contributed by atoms with Crippen LogP contribution in [0.5, 0.6) is 0 Å². The lowest BCUT2D eigenvalue weighted by molar-refractivity contribution is 0.526. The maximum Gasteiger partial charge on any atom is 0.172 e. The zero-order valence-corrected chi connectivity index (χ0v) is 10.9. The molecule has 0 fully saturated rings. The molecule has 98 valence electrons. The van der Waals surface area contributed by atoms with Crippen molar-refractivity contribution in [2.24, 2.45) is 5.73 Å². The molecule has 0 saturated carbocycles. The van der Waals surface area contributed by atoms with Crippen LogP contribution < -0.4 is 5.73 Å². The summed E-state index contributed by atoms with van der Waals surface area (Å²) in [4.78, 5) is 0. The second kappa shape index (κ2) is 4.81. The second-order valence-electron chi connectivity index (χ2n) is 4.84. The Bertz CT molecular complexity index is 506. The zero-order chi connectivity index (χ0) is 13.2. The molecule has 2 aromatic rings. The predicted molar refractivity (Wildman–Crippen MR) is 64.4 cm³/mol. The highest BCUT2D eigenvalue weighted by molar-refractivity contribution is 5.06. The number of tetrazole rings is 1. The van der Waals surface area contributed by atoms with Crippen molar-refractivity contribution in [1.82, 2.24) is 35.2 Å². The van der Waals surface area contributed by atoms with E-state index in [1.807, 2.05) is 20.0 Å². The van der Waals surface area contributed by atoms with E-state index in [1.54, 1.807) is 9.36 Å². The fourth-order valence-corrected chi connectivity index (χ4v) is 1.54. The molecule has 8 heteroatoms. The minimum atomic E-state index is -0.492. The number of aromatic nitrogens is 7. The summed E-state index contributed by atoms with van der Waals surface area (Å²) in [6, 6.07) is 0. The Hall–Kier alpha value is -1.83. The zero-order valence-electron chi connectivity index (χ0n) is 10.9. The van der Waals surface area contributed by atoms with Gasteiger partial charge in [0, 0.05) is 6.54 Å². The number of rotatable bonds is 5. The van der Waals surface area contributed by atoms with Crippen LogP contribution in [0.25, 0.3) is 0 Å². The van der Waals surface area contributed by atoms with Crippen LogP contribution >= 0.6 is 0 Å². The van der Waals surface area contributed by atoms with Gasteiger partial charge >= 0.3 is 0 Å². The molecule has 8 nitrogen and oxygen atoms in total. The van der Waals surface area contributed by atoms with Gasteiger partial charge in [0.05, 0.1) is 11.7 Å². The van der Waals surface area contributed by atoms with Crippen molar-refractivity contribution in [3.05, 3.63) is 17.7 Å². The Labute approximate surface area is 105 Å². The smallest absolute Gasteiger partial charge is 0.172 e. The summed E-state index contributed by atoms with van der Waals surface area (Å²) >= 11 is 0. The molecule has 0 unspecified atom stereocenters. The van der Waals surface area contributed by atoms with E-state index in [-0.39, 0.29) is 0 Å². The predicted octanol–water partition coefficient (Wildman–Crippen LogP) is -0.0833. The van der Waals surface area contributed by atoms with Crippen LogP contribution in [-0.4, -0.2) is 35.2 Å². The minimum absolute atomic E-state index is 0.492. The third-order valence-electron chi connectivity index (χ3n) is 2.54. The Morgan fingerprint density at radius 2 is 2.06 bits per heavy atom. The van der Waals surface area contributed by atoms with Gasteiger partial charge in [-0.25, -0.2) is 9.36 Å². The first-order valence-electron chi connectivity index (χ1n) is 5.95. The molecule has 18 heavy (non-hydrogen) atoms. The van der Waals surface area contributed by atoms with E-state index in [0.29, 0.717) is 6.54 Å². The number of hydrogen-bond donors (Lipinski definition) is 1. The van der Waals surface area contributed by atoms with Gasteiger partial charge in [-0.2, -0.15) is 0 Å². The lowest BCUT2D eigenvalue weighted by Crippen LogP contribution is -2.29. The van der Waals surface area contributed by atoms with Crippen molar-refractivity contribution in [3.63, 3.8) is 0 Å². The van der Waals surface area contributed by atoms with Gasteiger partial charge in [0.25, 0.3) is 0 Å². The molecule has 0 radical (unpaired) electrons. The summed E-state index contributed by atoms with van der Waals surface area (Å²) in [5, 5.41) is 19.7. The van der Waals surface area contributed by atoms with E-state index in [0.717, 1.165) is 24.5 Å². The largest absolute Gasteiger partial charge is 0.320 e. The fraction of sp³-hybridized carbons (Fsp3) is 0.700. The van der Waals surface area contributed by atoms with Gasteiger partial charge in [-0.15, -0.1) is 10.2 Å². The first-order chi connectivity index (χ1) is 8.50. The van der Waals surface area contributed by atoms with Crippen LogP contribution in [-0.2, 0) is 18.6 Å². The van der Waals surface area contributed by atoms with Crippen molar-refractivity contribution in [2.75, 3.05) is 0 Å². The second-order valence-corrected chi connectivity index (χ2v) is 4.84. The first-order valence-corrected chi connectivity index (χ1v) is 5.95. The molecule has 0 spiro atoms. The van der Waals surface area contributed by atoms with Crippen LogP contribution in [0.1, 0.15) is 38.7 Å². The van der Waals surface area contributed by atoms with E-state index in [9.17, 15) is 0 Å². The summed E-state index contributed by atoms with van der Waals surface area (Å²) in [5.41, 5.74) is 6.21. The van der Waals surface area contributed by atoms with E-state index < -0.39 is 5.54 Å². The van der Waals surface area contributed by atoms with Gasteiger partial charge in [-0.1, -0.05) is 12.1 Å². The highest BCUT2D eigenvalue weighted by Crippen LogP contribution is 2.12. The van der Waals surface area contributed by atoms with Crippen molar-refractivity contribution in [1.29, 1.82) is 0 Å². The SMILES string of the molecule is CCCn1nnnc1Cn1cc(C(C)(C)N)nn1. The topological polar surface area (TPSA) is 100 Å². The highest BCUT2D eigenvalue weighted by atomic mass is 15.6. The van der Waals surface area contributed by atoms with Gasteiger partial charge in [0.2, 0.25) is 0 Å². The molecule has 0 bridgehead atoms. The average Bonchev–Trinajstić information content (AvgIpc) is 2.89. The molecule has 2 N–H and O–H groups in total. The van der Waals surface area contributed by atoms with Crippen molar-refractivity contribution in [3.8, 4) is 0 Å². The van der Waals surface area contributed by atoms with Gasteiger partial charge in [0.1, 0.15) is 12.2 Å². The molecule has 0 aliphatic heterocycles. The normalized spacial score (nSPS) is 12.0. The highest BCUT2D eigenvalue weighted by Gasteiger charge is 2.18. The van der Waals surface area contributed by atoms with Crippen LogP contribution in [0.15, 0.2) is 6.20 Å². The molecule has 0 saturated heterocycles. The number of aryl methyl sites for hydroxylation is 1. The van der Waals surface area contributed by atoms with Crippen LogP contribution in [0.3, 0.4) is 0 Å². The molecule has 0 amide bonds. The van der Waals surface area contributed by atoms with E-state index in [1.165, 1.54) is 0 Å². The molecule has 0 atom stereocenters. The maximum absolute atomic E-state index is 5.96. The number of hydrogen-bond acceptors (Lipinski definition) is 6. The van der Waals surface area contributed by atoms with Crippen LogP contribution in [0.4, 0.5) is 0 Å². The van der Waals surface area contributed by atoms with Gasteiger partial charge < -0.3 is 5.73 Å². The van der Waals surface area contributed by atoms with Gasteiger partial charge in [-0.05, 0) is 30.7 Å². The summed E-state index contributed by atoms with van der Waals surface area (Å²) < 4.78 is 3.47. The monoisotopic (exact) mass is 250 g/mol. The van der Waals surface area contributed by atoms with Crippen molar-refractivity contribution in [2.45, 2.75) is 45.8 Å². The molecule has 2 rings (SSSR count). The molecular formula is C10H18N8. The fourth-order valence-electron chi connectivity index (χ4n) is 1.54. The average molecular weight is 250 g/mol. The standard InChI is InChI=1S/C10H18N8/c1-4-5-18-9(13-14-16-18)7-17-6-8(12-15-17)10(2,3)11/h6H,4-5,7,11H2,1-3H3. The Morgan fingerprint density at radius 1 is 1.28 bits per heavy atom. The summed E-state index contributed by atoms with van der Waals surface area (Å²) in [6.07, 6.45) is 2.81. The molecular weight excluding hydrogens is 232 g/mol. The lowest BCUT2D eigenvalue weighted by Gasteiger charge is -2.13. The Morgan fingerprint density at radius 3 is 2.67 bits per heavy atom. The Balaban J connectivity index is 2.14. The lowest BCUT2D eigenvalue weighted by atomic mass is 10.0. The summed E-state index contributed by atoms with van der Waals surface area (Å²) in [5.74, 6) is 0.767. The first kappa shape index (κ1) is 12.6. The van der Waals surface area contributed by atoms with E-state index in [2.05, 4.69) is 32.8 Å². The molecule has 0 aliphatic rings. The Kier molecular flexibility index (Phi) is 3.37. The number of nitrogens with zero attached hydrogens (tertiary/aromatic N) is 7. The maximum atomic E-state index is 5.96. The van der Waals surface area contributed by atoms with Crippen LogP contribution in [0.2, 0.25) is 0 Å². The molecule has 2 heterocycles. The van der Waals surface area contributed by atoms with Crippen molar-refractivity contribution >= 4 is 0 Å². The molecule has 2 aromatic heterocycles.